The molecule has 5 heteroatoms. The summed E-state index contributed by atoms with van der Waals surface area (Å²) in [6.07, 6.45) is 1.60. The van der Waals surface area contributed by atoms with E-state index in [2.05, 4.69) is 15.6 Å². The van der Waals surface area contributed by atoms with Gasteiger partial charge in [0.25, 0.3) is 0 Å². The zero-order chi connectivity index (χ0) is 15.3. The van der Waals surface area contributed by atoms with Gasteiger partial charge in [-0.05, 0) is 23.8 Å². The molecule has 1 aromatic carbocycles. The minimum Gasteiger partial charge on any atom is -0.337 e. The van der Waals surface area contributed by atoms with Crippen LogP contribution in [0.1, 0.15) is 19.4 Å². The number of carbonyl (C=O) groups is 1. The van der Waals surface area contributed by atoms with Crippen LogP contribution in [-0.4, -0.2) is 17.6 Å². The third-order valence-electron chi connectivity index (χ3n) is 3.20. The minimum atomic E-state index is -0.507. The van der Waals surface area contributed by atoms with Crippen LogP contribution < -0.4 is 10.6 Å². The highest BCUT2D eigenvalue weighted by Gasteiger charge is 2.24. The number of hydrogen-bond donors (Lipinski definition) is 2. The Morgan fingerprint density at radius 1 is 1.19 bits per heavy atom. The van der Waals surface area contributed by atoms with E-state index >= 15 is 0 Å². The lowest BCUT2D eigenvalue weighted by atomic mass is 9.84. The third-order valence-corrected chi connectivity index (χ3v) is 3.20. The number of urea groups is 1. The highest BCUT2D eigenvalue weighted by atomic mass is 19.1. The molecule has 0 aliphatic carbocycles. The Morgan fingerprint density at radius 2 is 1.90 bits per heavy atom. The number of nitrogens with one attached hydrogen (secondary N) is 2. The molecule has 0 unspecified atom stereocenters. The Balaban J connectivity index is 1.96. The summed E-state index contributed by atoms with van der Waals surface area (Å²) in [4.78, 5) is 15.8. The van der Waals surface area contributed by atoms with Crippen LogP contribution in [0.25, 0.3) is 0 Å². The molecule has 4 nitrogen and oxygen atoms in total. The van der Waals surface area contributed by atoms with E-state index in [4.69, 9.17) is 0 Å². The number of anilines is 1. The molecule has 0 bridgehead atoms. The van der Waals surface area contributed by atoms with Crippen molar-refractivity contribution in [3.8, 4) is 0 Å². The van der Waals surface area contributed by atoms with E-state index < -0.39 is 5.41 Å². The van der Waals surface area contributed by atoms with Gasteiger partial charge in [-0.1, -0.05) is 38.1 Å². The first kappa shape index (κ1) is 15.0. The maximum Gasteiger partial charge on any atom is 0.320 e. The normalized spacial score (nSPS) is 11.0. The number of aromatic nitrogens is 1. The maximum absolute atomic E-state index is 13.8. The van der Waals surface area contributed by atoms with E-state index in [9.17, 15) is 9.18 Å². The van der Waals surface area contributed by atoms with Crippen molar-refractivity contribution in [2.45, 2.75) is 19.3 Å². The van der Waals surface area contributed by atoms with Gasteiger partial charge >= 0.3 is 6.03 Å². The lowest BCUT2D eigenvalue weighted by Gasteiger charge is -2.26. The van der Waals surface area contributed by atoms with Crippen LogP contribution in [0.5, 0.6) is 0 Å². The number of rotatable bonds is 4. The molecule has 1 heterocycles. The molecule has 1 aromatic heterocycles. The lowest BCUT2D eigenvalue weighted by Crippen LogP contribution is -2.39. The predicted octanol–water partition coefficient (Wildman–Crippen LogP) is 3.32. The van der Waals surface area contributed by atoms with Gasteiger partial charge in [0.1, 0.15) is 11.6 Å². The Bertz CT molecular complexity index is 614. The van der Waals surface area contributed by atoms with E-state index in [1.807, 2.05) is 13.8 Å². The van der Waals surface area contributed by atoms with E-state index in [-0.39, 0.29) is 11.8 Å². The van der Waals surface area contributed by atoms with Crippen molar-refractivity contribution in [2.75, 3.05) is 11.9 Å². The summed E-state index contributed by atoms with van der Waals surface area (Å²) in [5.74, 6) is 0.202. The quantitative estimate of drug-likeness (QED) is 0.906. The van der Waals surface area contributed by atoms with Crippen LogP contribution in [0, 0.1) is 5.82 Å². The van der Waals surface area contributed by atoms with Crippen molar-refractivity contribution in [1.82, 2.24) is 10.3 Å². The van der Waals surface area contributed by atoms with Crippen molar-refractivity contribution < 1.29 is 9.18 Å². The second-order valence-corrected chi connectivity index (χ2v) is 5.39. The molecule has 2 rings (SSSR count). The number of carbonyl (C=O) groups excluding carboxylic acids is 1. The summed E-state index contributed by atoms with van der Waals surface area (Å²) in [6, 6.07) is 11.5. The molecular weight excluding hydrogens is 269 g/mol. The Morgan fingerprint density at radius 3 is 2.57 bits per heavy atom. The van der Waals surface area contributed by atoms with Crippen molar-refractivity contribution in [1.29, 1.82) is 0 Å². The zero-order valence-electron chi connectivity index (χ0n) is 12.1. The van der Waals surface area contributed by atoms with Gasteiger partial charge in [0.2, 0.25) is 0 Å². The molecule has 0 aliphatic heterocycles. The Labute approximate surface area is 123 Å². The molecule has 110 valence electrons. The molecule has 0 atom stereocenters. The SMILES string of the molecule is CC(C)(CNC(=O)Nc1ccccn1)c1ccccc1F. The van der Waals surface area contributed by atoms with Gasteiger partial charge in [0, 0.05) is 18.2 Å². The summed E-state index contributed by atoms with van der Waals surface area (Å²) in [7, 11) is 0. The van der Waals surface area contributed by atoms with Gasteiger partial charge in [0.05, 0.1) is 0 Å². The van der Waals surface area contributed by atoms with Crippen molar-refractivity contribution in [3.63, 3.8) is 0 Å². The molecule has 0 fully saturated rings. The highest BCUT2D eigenvalue weighted by molar-refractivity contribution is 5.88. The second kappa shape index (κ2) is 6.35. The van der Waals surface area contributed by atoms with Crippen LogP contribution in [0.15, 0.2) is 48.7 Å². The first-order valence-corrected chi connectivity index (χ1v) is 6.70. The van der Waals surface area contributed by atoms with Crippen LogP contribution in [0.3, 0.4) is 0 Å². The van der Waals surface area contributed by atoms with E-state index in [1.54, 1.807) is 42.6 Å². The molecule has 0 aliphatic rings. The molecule has 2 amide bonds. The highest BCUT2D eigenvalue weighted by Crippen LogP contribution is 2.24. The van der Waals surface area contributed by atoms with Crippen molar-refractivity contribution in [3.05, 3.63) is 60.0 Å². The predicted molar refractivity (Wildman–Crippen MR) is 80.7 cm³/mol. The summed E-state index contributed by atoms with van der Waals surface area (Å²) in [6.45, 7) is 4.07. The van der Waals surface area contributed by atoms with Crippen LogP contribution in [0.4, 0.5) is 15.0 Å². The molecular formula is C16H18FN3O. The van der Waals surface area contributed by atoms with Crippen LogP contribution >= 0.6 is 0 Å². The monoisotopic (exact) mass is 287 g/mol. The fourth-order valence-corrected chi connectivity index (χ4v) is 2.00. The van der Waals surface area contributed by atoms with E-state index in [0.29, 0.717) is 17.9 Å². The molecule has 2 N–H and O–H groups in total. The summed E-state index contributed by atoms with van der Waals surface area (Å²) in [5.41, 5.74) is 0.0652. The molecule has 0 spiro atoms. The topological polar surface area (TPSA) is 54.0 Å². The average Bonchev–Trinajstić information content (AvgIpc) is 2.47. The lowest BCUT2D eigenvalue weighted by molar-refractivity contribution is 0.249. The van der Waals surface area contributed by atoms with E-state index in [1.165, 1.54) is 6.07 Å². The van der Waals surface area contributed by atoms with Crippen LogP contribution in [-0.2, 0) is 5.41 Å². The number of nitrogens with zero attached hydrogens (tertiary/aromatic N) is 1. The standard InChI is InChI=1S/C16H18FN3O/c1-16(2,12-7-3-4-8-13(12)17)11-19-15(21)20-14-9-5-6-10-18-14/h3-10H,11H2,1-2H3,(H2,18,19,20,21). The maximum atomic E-state index is 13.8. The first-order chi connectivity index (χ1) is 9.99. The van der Waals surface area contributed by atoms with E-state index in [0.717, 1.165) is 0 Å². The first-order valence-electron chi connectivity index (χ1n) is 6.70. The van der Waals surface area contributed by atoms with Gasteiger partial charge in [0.15, 0.2) is 0 Å². The van der Waals surface area contributed by atoms with Gasteiger partial charge in [-0.25, -0.2) is 14.2 Å². The van der Waals surface area contributed by atoms with Gasteiger partial charge in [-0.15, -0.1) is 0 Å². The minimum absolute atomic E-state index is 0.269. The van der Waals surface area contributed by atoms with Crippen LogP contribution in [0.2, 0.25) is 0 Å². The average molecular weight is 287 g/mol. The number of halogens is 1. The van der Waals surface area contributed by atoms with Gasteiger partial charge < -0.3 is 5.32 Å². The largest absolute Gasteiger partial charge is 0.337 e. The fourth-order valence-electron chi connectivity index (χ4n) is 2.00. The number of hydrogen-bond acceptors (Lipinski definition) is 2. The number of benzene rings is 1. The number of amides is 2. The molecule has 2 aromatic rings. The van der Waals surface area contributed by atoms with Gasteiger partial charge in [-0.3, -0.25) is 5.32 Å². The Kier molecular flexibility index (Phi) is 4.52. The molecule has 0 saturated heterocycles. The van der Waals surface area contributed by atoms with Crippen molar-refractivity contribution in [2.24, 2.45) is 0 Å². The third kappa shape index (κ3) is 4.02. The number of pyridine rings is 1. The fraction of sp³-hybridized carbons (Fsp3) is 0.250. The molecule has 0 saturated carbocycles. The van der Waals surface area contributed by atoms with Gasteiger partial charge in [-0.2, -0.15) is 0 Å². The zero-order valence-corrected chi connectivity index (χ0v) is 12.1. The molecule has 21 heavy (non-hydrogen) atoms. The second-order valence-electron chi connectivity index (χ2n) is 5.39. The molecule has 0 radical (unpaired) electrons. The van der Waals surface area contributed by atoms with Crippen molar-refractivity contribution >= 4 is 11.8 Å². The Hall–Kier alpha value is -2.43. The summed E-state index contributed by atoms with van der Waals surface area (Å²) >= 11 is 0. The summed E-state index contributed by atoms with van der Waals surface area (Å²) < 4.78 is 13.8. The smallest absolute Gasteiger partial charge is 0.320 e. The summed E-state index contributed by atoms with van der Waals surface area (Å²) in [5, 5.41) is 5.37.